The second kappa shape index (κ2) is 6.22. The van der Waals surface area contributed by atoms with Gasteiger partial charge in [-0.25, -0.2) is 0 Å². The maximum atomic E-state index is 4.32. The second-order valence-electron chi connectivity index (χ2n) is 5.53. The van der Waals surface area contributed by atoms with Crippen LogP contribution in [0.25, 0.3) is 11.1 Å². The minimum absolute atomic E-state index is 0.385. The van der Waals surface area contributed by atoms with Gasteiger partial charge in [-0.3, -0.25) is 4.90 Å². The van der Waals surface area contributed by atoms with Gasteiger partial charge in [0, 0.05) is 12.1 Å². The molecule has 1 aromatic carbocycles. The Kier molecular flexibility index (Phi) is 4.15. The zero-order valence-corrected chi connectivity index (χ0v) is 12.7. The van der Waals surface area contributed by atoms with Crippen molar-refractivity contribution in [3.8, 4) is 11.1 Å². The molecule has 21 heavy (non-hydrogen) atoms. The summed E-state index contributed by atoms with van der Waals surface area (Å²) in [6, 6.07) is 12.5. The second-order valence-corrected chi connectivity index (χ2v) is 5.53. The smallest absolute Gasteiger partial charge is 0.150 e. The number of aryl methyl sites for hydroxylation is 1. The summed E-state index contributed by atoms with van der Waals surface area (Å²) < 4.78 is 0. The van der Waals surface area contributed by atoms with E-state index in [2.05, 4.69) is 57.7 Å². The number of rotatable bonds is 4. The van der Waals surface area contributed by atoms with E-state index in [0.717, 1.165) is 23.6 Å². The lowest BCUT2D eigenvalue weighted by Gasteiger charge is -2.24. The third-order valence-electron chi connectivity index (χ3n) is 4.15. The molecular formula is C17H22N4. The number of anilines is 1. The van der Waals surface area contributed by atoms with Crippen LogP contribution >= 0.6 is 0 Å². The van der Waals surface area contributed by atoms with Crippen LogP contribution in [-0.2, 0) is 0 Å². The number of hydrogen-bond acceptors (Lipinski definition) is 4. The van der Waals surface area contributed by atoms with E-state index < -0.39 is 0 Å². The van der Waals surface area contributed by atoms with E-state index in [-0.39, 0.29) is 0 Å². The summed E-state index contributed by atoms with van der Waals surface area (Å²) in [5.74, 6) is 0.866. The van der Waals surface area contributed by atoms with Crippen LogP contribution in [0.15, 0.2) is 36.4 Å². The number of aromatic nitrogens is 2. The number of likely N-dealkylation sites (tertiary alicyclic amines) is 1. The number of nitrogens with one attached hydrogen (secondary N) is 1. The van der Waals surface area contributed by atoms with Crippen molar-refractivity contribution >= 4 is 5.82 Å². The van der Waals surface area contributed by atoms with Crippen molar-refractivity contribution in [3.05, 3.63) is 42.1 Å². The molecule has 110 valence electrons. The Balaban J connectivity index is 1.84. The molecule has 2 aromatic rings. The van der Waals surface area contributed by atoms with Gasteiger partial charge in [0.1, 0.15) is 0 Å². The standard InChI is InChI=1S/C17H22N4/c1-3-21-11-7-10-17(21)18-16-12-15(13(2)19-20-16)14-8-5-4-6-9-14/h4-6,8-9,12,17H,3,7,10-11H2,1-2H3,(H,18,20). The molecule has 1 aliphatic rings. The molecule has 1 fully saturated rings. The topological polar surface area (TPSA) is 41.0 Å². The van der Waals surface area contributed by atoms with Crippen LogP contribution in [0.5, 0.6) is 0 Å². The van der Waals surface area contributed by atoms with Gasteiger partial charge in [0.05, 0.1) is 11.9 Å². The summed E-state index contributed by atoms with van der Waals surface area (Å²) in [4.78, 5) is 2.45. The first-order valence-corrected chi connectivity index (χ1v) is 7.68. The quantitative estimate of drug-likeness (QED) is 0.934. The summed E-state index contributed by atoms with van der Waals surface area (Å²) in [5.41, 5.74) is 3.30. The molecule has 1 saturated heterocycles. The fraction of sp³-hybridized carbons (Fsp3) is 0.412. The Bertz CT molecular complexity index is 597. The SMILES string of the molecule is CCN1CCCC1Nc1cc(-c2ccccc2)c(C)nn1. The summed E-state index contributed by atoms with van der Waals surface area (Å²) >= 11 is 0. The van der Waals surface area contributed by atoms with Crippen molar-refractivity contribution in [3.63, 3.8) is 0 Å². The fourth-order valence-corrected chi connectivity index (χ4v) is 2.97. The largest absolute Gasteiger partial charge is 0.353 e. The third-order valence-corrected chi connectivity index (χ3v) is 4.15. The lowest BCUT2D eigenvalue weighted by molar-refractivity contribution is 0.290. The predicted molar refractivity (Wildman–Crippen MR) is 86.1 cm³/mol. The van der Waals surface area contributed by atoms with Crippen LogP contribution in [-0.4, -0.2) is 34.4 Å². The summed E-state index contributed by atoms with van der Waals surface area (Å²) in [6.07, 6.45) is 2.80. The molecule has 0 bridgehead atoms. The van der Waals surface area contributed by atoms with Gasteiger partial charge in [0.2, 0.25) is 0 Å². The molecule has 1 unspecified atom stereocenters. The highest BCUT2D eigenvalue weighted by Crippen LogP contribution is 2.25. The average molecular weight is 282 g/mol. The van der Waals surface area contributed by atoms with Gasteiger partial charge < -0.3 is 5.32 Å². The van der Waals surface area contributed by atoms with Gasteiger partial charge >= 0.3 is 0 Å². The molecule has 0 amide bonds. The third kappa shape index (κ3) is 3.05. The van der Waals surface area contributed by atoms with Crippen molar-refractivity contribution in [2.24, 2.45) is 0 Å². The fourth-order valence-electron chi connectivity index (χ4n) is 2.97. The molecule has 0 saturated carbocycles. The van der Waals surface area contributed by atoms with E-state index in [1.165, 1.54) is 24.9 Å². The molecule has 1 aromatic heterocycles. The maximum absolute atomic E-state index is 4.32. The van der Waals surface area contributed by atoms with E-state index in [1.807, 2.05) is 13.0 Å². The summed E-state index contributed by atoms with van der Waals surface area (Å²) in [5, 5.41) is 12.2. The lowest BCUT2D eigenvalue weighted by Crippen LogP contribution is -2.35. The molecular weight excluding hydrogens is 260 g/mol. The first kappa shape index (κ1) is 14.0. The number of hydrogen-bond donors (Lipinski definition) is 1. The Morgan fingerprint density at radius 2 is 2.05 bits per heavy atom. The minimum atomic E-state index is 0.385. The summed E-state index contributed by atoms with van der Waals surface area (Å²) in [6.45, 7) is 6.45. The highest BCUT2D eigenvalue weighted by molar-refractivity contribution is 5.68. The minimum Gasteiger partial charge on any atom is -0.353 e. The predicted octanol–water partition coefficient (Wildman–Crippen LogP) is 3.31. The molecule has 2 heterocycles. The molecule has 1 aliphatic heterocycles. The van der Waals surface area contributed by atoms with Gasteiger partial charge in [-0.2, -0.15) is 5.10 Å². The van der Waals surface area contributed by atoms with Crippen molar-refractivity contribution < 1.29 is 0 Å². The van der Waals surface area contributed by atoms with Gasteiger partial charge in [-0.05, 0) is 37.9 Å². The summed E-state index contributed by atoms with van der Waals surface area (Å²) in [7, 11) is 0. The molecule has 4 nitrogen and oxygen atoms in total. The van der Waals surface area contributed by atoms with E-state index >= 15 is 0 Å². The molecule has 0 spiro atoms. The van der Waals surface area contributed by atoms with Crippen molar-refractivity contribution in [2.45, 2.75) is 32.9 Å². The first-order valence-electron chi connectivity index (χ1n) is 7.68. The monoisotopic (exact) mass is 282 g/mol. The molecule has 1 N–H and O–H groups in total. The Labute approximate surface area is 126 Å². The van der Waals surface area contributed by atoms with Gasteiger partial charge in [0.25, 0.3) is 0 Å². The van der Waals surface area contributed by atoms with Crippen LogP contribution < -0.4 is 5.32 Å². The average Bonchev–Trinajstić information content (AvgIpc) is 2.97. The van der Waals surface area contributed by atoms with Crippen LogP contribution in [0, 0.1) is 6.92 Å². The molecule has 0 aliphatic carbocycles. The van der Waals surface area contributed by atoms with Gasteiger partial charge in [-0.1, -0.05) is 37.3 Å². The highest BCUT2D eigenvalue weighted by Gasteiger charge is 2.23. The first-order chi connectivity index (χ1) is 10.3. The van der Waals surface area contributed by atoms with Crippen LogP contribution in [0.4, 0.5) is 5.82 Å². The van der Waals surface area contributed by atoms with Crippen LogP contribution in [0.1, 0.15) is 25.5 Å². The van der Waals surface area contributed by atoms with Crippen molar-refractivity contribution in [2.75, 3.05) is 18.4 Å². The molecule has 4 heteroatoms. The van der Waals surface area contributed by atoms with E-state index in [1.54, 1.807) is 0 Å². The Morgan fingerprint density at radius 3 is 2.81 bits per heavy atom. The van der Waals surface area contributed by atoms with Crippen LogP contribution in [0.3, 0.4) is 0 Å². The molecule has 3 rings (SSSR count). The van der Waals surface area contributed by atoms with Crippen LogP contribution in [0.2, 0.25) is 0 Å². The lowest BCUT2D eigenvalue weighted by atomic mass is 10.1. The molecule has 0 radical (unpaired) electrons. The maximum Gasteiger partial charge on any atom is 0.150 e. The molecule has 1 atom stereocenters. The van der Waals surface area contributed by atoms with Gasteiger partial charge in [0.15, 0.2) is 5.82 Å². The van der Waals surface area contributed by atoms with Crippen molar-refractivity contribution in [1.82, 2.24) is 15.1 Å². The van der Waals surface area contributed by atoms with E-state index in [9.17, 15) is 0 Å². The van der Waals surface area contributed by atoms with E-state index in [0.29, 0.717) is 6.17 Å². The van der Waals surface area contributed by atoms with Gasteiger partial charge in [-0.15, -0.1) is 5.10 Å². The number of benzene rings is 1. The number of nitrogens with zero attached hydrogens (tertiary/aromatic N) is 3. The highest BCUT2D eigenvalue weighted by atomic mass is 15.3. The Hall–Kier alpha value is -1.94. The zero-order valence-electron chi connectivity index (χ0n) is 12.7. The van der Waals surface area contributed by atoms with E-state index in [4.69, 9.17) is 0 Å². The van der Waals surface area contributed by atoms with Crippen molar-refractivity contribution in [1.29, 1.82) is 0 Å². The Morgan fingerprint density at radius 1 is 1.24 bits per heavy atom. The normalized spacial score (nSPS) is 18.9. The zero-order chi connectivity index (χ0) is 14.7.